The van der Waals surface area contributed by atoms with Gasteiger partial charge in [0.05, 0.1) is 6.04 Å². The summed E-state index contributed by atoms with van der Waals surface area (Å²) in [7, 11) is 0. The molecule has 2 N–H and O–H groups in total. The molecular weight excluding hydrogens is 444 g/mol. The van der Waals surface area contributed by atoms with Gasteiger partial charge in [0.15, 0.2) is 0 Å². The minimum atomic E-state index is -0.106. The standard InChI is InChI=1S/C31H40N4O/c1-21(2)26-12-8-13-27(22(3)4)28(26)29(35-31(36)34-20-23-10-6-5-7-11-23)24-14-16-25(17-15-24)30-32-18-9-19-33-30/h5-13,18-19,21-22,24-25,29H,14-17,20H2,1-4H3,(H2,34,35,36). The molecule has 1 aromatic heterocycles. The minimum absolute atomic E-state index is 0.0329. The molecule has 5 nitrogen and oxygen atoms in total. The lowest BCUT2D eigenvalue weighted by Gasteiger charge is -2.37. The number of aromatic nitrogens is 2. The molecule has 0 bridgehead atoms. The Hall–Kier alpha value is -3.21. The lowest BCUT2D eigenvalue weighted by molar-refractivity contribution is 0.216. The van der Waals surface area contributed by atoms with Crippen LogP contribution in [-0.2, 0) is 6.54 Å². The van der Waals surface area contributed by atoms with E-state index in [-0.39, 0.29) is 12.1 Å². The third kappa shape index (κ3) is 6.31. The van der Waals surface area contributed by atoms with Crippen LogP contribution < -0.4 is 10.6 Å². The molecule has 1 saturated carbocycles. The first kappa shape index (κ1) is 25.9. The molecule has 1 aliphatic carbocycles. The van der Waals surface area contributed by atoms with Gasteiger partial charge in [-0.3, -0.25) is 0 Å². The number of urea groups is 1. The highest BCUT2D eigenvalue weighted by atomic mass is 16.2. The molecule has 4 rings (SSSR count). The smallest absolute Gasteiger partial charge is 0.315 e. The van der Waals surface area contributed by atoms with E-state index in [2.05, 4.69) is 66.5 Å². The van der Waals surface area contributed by atoms with E-state index in [4.69, 9.17) is 0 Å². The monoisotopic (exact) mass is 484 g/mol. The number of rotatable bonds is 8. The van der Waals surface area contributed by atoms with Crippen LogP contribution in [0, 0.1) is 5.92 Å². The Bertz CT molecular complexity index is 1080. The number of benzene rings is 2. The highest BCUT2D eigenvalue weighted by Crippen LogP contribution is 2.43. The van der Waals surface area contributed by atoms with Gasteiger partial charge in [-0.2, -0.15) is 0 Å². The van der Waals surface area contributed by atoms with E-state index >= 15 is 0 Å². The maximum absolute atomic E-state index is 13.2. The fourth-order valence-electron chi connectivity index (χ4n) is 5.60. The summed E-state index contributed by atoms with van der Waals surface area (Å²) >= 11 is 0. The Kier molecular flexibility index (Phi) is 8.74. The summed E-state index contributed by atoms with van der Waals surface area (Å²) in [6.45, 7) is 9.51. The lowest BCUT2D eigenvalue weighted by Crippen LogP contribution is -2.42. The molecule has 0 radical (unpaired) electrons. The molecule has 1 atom stereocenters. The SMILES string of the molecule is CC(C)c1cccc(C(C)C)c1C(NC(=O)NCc1ccccc1)C1CCC(c2ncccn2)CC1. The van der Waals surface area contributed by atoms with Crippen LogP contribution in [0.4, 0.5) is 4.79 Å². The molecule has 2 amide bonds. The minimum Gasteiger partial charge on any atom is -0.334 e. The van der Waals surface area contributed by atoms with Crippen molar-refractivity contribution in [2.45, 2.75) is 83.7 Å². The van der Waals surface area contributed by atoms with E-state index in [1.807, 2.05) is 48.8 Å². The number of carbonyl (C=O) groups is 1. The van der Waals surface area contributed by atoms with Crippen molar-refractivity contribution in [2.24, 2.45) is 5.92 Å². The molecule has 1 aliphatic rings. The van der Waals surface area contributed by atoms with Crippen molar-refractivity contribution in [1.82, 2.24) is 20.6 Å². The van der Waals surface area contributed by atoms with Gasteiger partial charge >= 0.3 is 6.03 Å². The summed E-state index contributed by atoms with van der Waals surface area (Å²) in [4.78, 5) is 22.3. The molecule has 190 valence electrons. The van der Waals surface area contributed by atoms with E-state index in [9.17, 15) is 4.79 Å². The zero-order valence-corrected chi connectivity index (χ0v) is 22.1. The van der Waals surface area contributed by atoms with Crippen LogP contribution in [0.5, 0.6) is 0 Å². The molecule has 1 heterocycles. The molecule has 0 aliphatic heterocycles. The number of carbonyl (C=O) groups excluding carboxylic acids is 1. The van der Waals surface area contributed by atoms with Crippen LogP contribution in [0.1, 0.15) is 105 Å². The maximum atomic E-state index is 13.2. The average Bonchev–Trinajstić information content (AvgIpc) is 2.91. The van der Waals surface area contributed by atoms with Gasteiger partial charge in [-0.25, -0.2) is 14.8 Å². The Labute approximate surface area is 216 Å². The van der Waals surface area contributed by atoms with Crippen LogP contribution in [0.15, 0.2) is 67.0 Å². The third-order valence-corrected chi connectivity index (χ3v) is 7.51. The van der Waals surface area contributed by atoms with Crippen molar-refractivity contribution in [3.63, 3.8) is 0 Å². The van der Waals surface area contributed by atoms with Gasteiger partial charge in [0.25, 0.3) is 0 Å². The van der Waals surface area contributed by atoms with E-state index in [1.165, 1.54) is 16.7 Å². The Morgan fingerprint density at radius 2 is 1.44 bits per heavy atom. The van der Waals surface area contributed by atoms with Crippen LogP contribution in [-0.4, -0.2) is 16.0 Å². The van der Waals surface area contributed by atoms with E-state index in [0.717, 1.165) is 37.1 Å². The maximum Gasteiger partial charge on any atom is 0.315 e. The lowest BCUT2D eigenvalue weighted by atomic mass is 9.73. The zero-order valence-electron chi connectivity index (χ0n) is 22.1. The quantitative estimate of drug-likeness (QED) is 0.354. The molecule has 36 heavy (non-hydrogen) atoms. The predicted molar refractivity (Wildman–Crippen MR) is 146 cm³/mol. The van der Waals surface area contributed by atoms with Gasteiger partial charge < -0.3 is 10.6 Å². The second-order valence-electron chi connectivity index (χ2n) is 10.7. The average molecular weight is 485 g/mol. The zero-order chi connectivity index (χ0) is 25.5. The Balaban J connectivity index is 1.59. The van der Waals surface area contributed by atoms with Crippen molar-refractivity contribution in [1.29, 1.82) is 0 Å². The third-order valence-electron chi connectivity index (χ3n) is 7.51. The molecule has 1 unspecified atom stereocenters. The first-order valence-electron chi connectivity index (χ1n) is 13.4. The number of amides is 2. The fraction of sp³-hybridized carbons (Fsp3) is 0.452. The van der Waals surface area contributed by atoms with Gasteiger partial charge in [-0.05, 0) is 71.8 Å². The normalized spacial score (nSPS) is 18.7. The molecule has 5 heteroatoms. The summed E-state index contributed by atoms with van der Waals surface area (Å²) in [6.07, 6.45) is 7.83. The molecule has 1 fully saturated rings. The molecule has 3 aromatic rings. The van der Waals surface area contributed by atoms with Crippen LogP contribution in [0.3, 0.4) is 0 Å². The van der Waals surface area contributed by atoms with Crippen molar-refractivity contribution in [3.05, 3.63) is 95.1 Å². The van der Waals surface area contributed by atoms with Crippen molar-refractivity contribution < 1.29 is 4.79 Å². The summed E-state index contributed by atoms with van der Waals surface area (Å²) in [5.41, 5.74) is 5.08. The number of nitrogens with zero attached hydrogens (tertiary/aromatic N) is 2. The summed E-state index contributed by atoms with van der Waals surface area (Å²) in [5, 5.41) is 6.54. The highest BCUT2D eigenvalue weighted by Gasteiger charge is 2.34. The molecular formula is C31H40N4O. The van der Waals surface area contributed by atoms with Crippen LogP contribution in [0.25, 0.3) is 0 Å². The highest BCUT2D eigenvalue weighted by molar-refractivity contribution is 5.74. The summed E-state index contributed by atoms with van der Waals surface area (Å²) < 4.78 is 0. The van der Waals surface area contributed by atoms with Gasteiger partial charge in [-0.1, -0.05) is 76.2 Å². The first-order chi connectivity index (χ1) is 17.4. The second-order valence-corrected chi connectivity index (χ2v) is 10.7. The molecule has 0 saturated heterocycles. The topological polar surface area (TPSA) is 66.9 Å². The molecule has 0 spiro atoms. The van der Waals surface area contributed by atoms with E-state index in [0.29, 0.717) is 30.2 Å². The van der Waals surface area contributed by atoms with Crippen molar-refractivity contribution in [2.75, 3.05) is 0 Å². The van der Waals surface area contributed by atoms with Gasteiger partial charge in [0.1, 0.15) is 5.82 Å². The first-order valence-corrected chi connectivity index (χ1v) is 13.4. The van der Waals surface area contributed by atoms with E-state index in [1.54, 1.807) is 0 Å². The number of hydrogen-bond acceptors (Lipinski definition) is 3. The van der Waals surface area contributed by atoms with E-state index < -0.39 is 0 Å². The predicted octanol–water partition coefficient (Wildman–Crippen LogP) is 7.24. The van der Waals surface area contributed by atoms with Gasteiger partial charge in [-0.15, -0.1) is 0 Å². The van der Waals surface area contributed by atoms with Crippen LogP contribution in [0.2, 0.25) is 0 Å². The Morgan fingerprint density at radius 1 is 0.833 bits per heavy atom. The van der Waals surface area contributed by atoms with Gasteiger partial charge in [0, 0.05) is 24.9 Å². The van der Waals surface area contributed by atoms with Crippen molar-refractivity contribution in [3.8, 4) is 0 Å². The number of hydrogen-bond donors (Lipinski definition) is 2. The van der Waals surface area contributed by atoms with Crippen LogP contribution >= 0.6 is 0 Å². The summed E-state index contributed by atoms with van der Waals surface area (Å²) in [5.74, 6) is 2.46. The van der Waals surface area contributed by atoms with Gasteiger partial charge in [0.2, 0.25) is 0 Å². The molecule has 2 aromatic carbocycles. The largest absolute Gasteiger partial charge is 0.334 e. The Morgan fingerprint density at radius 3 is 2.03 bits per heavy atom. The number of nitrogens with one attached hydrogen (secondary N) is 2. The summed E-state index contributed by atoms with van der Waals surface area (Å²) in [6, 6.07) is 18.5. The van der Waals surface area contributed by atoms with Crippen molar-refractivity contribution >= 4 is 6.03 Å². The second kappa shape index (κ2) is 12.2. The fourth-order valence-corrected chi connectivity index (χ4v) is 5.60.